The van der Waals surface area contributed by atoms with Crippen molar-refractivity contribution in [2.75, 3.05) is 0 Å². The Morgan fingerprint density at radius 1 is 0.526 bits per heavy atom. The molecule has 1 unspecified atom stereocenters. The lowest BCUT2D eigenvalue weighted by molar-refractivity contribution is 0.635. The molecule has 0 bridgehead atoms. The predicted molar refractivity (Wildman–Crippen MR) is 234 cm³/mol. The molecule has 4 nitrogen and oxygen atoms in total. The summed E-state index contributed by atoms with van der Waals surface area (Å²) in [6, 6.07) is 55.7. The van der Waals surface area contributed by atoms with Crippen molar-refractivity contribution in [1.82, 2.24) is 15.0 Å². The fourth-order valence-corrected chi connectivity index (χ4v) is 8.76. The fraction of sp³-hybridized carbons (Fsp3) is 0.113. The number of rotatable bonds is 7. The highest BCUT2D eigenvalue weighted by Crippen LogP contribution is 2.46. The maximum absolute atomic E-state index is 8.92. The van der Waals surface area contributed by atoms with Crippen molar-refractivity contribution in [2.24, 2.45) is 0 Å². The molecule has 0 saturated carbocycles. The quantitative estimate of drug-likeness (QED) is 0.153. The Kier molecular flexibility index (Phi) is 7.35. The van der Waals surface area contributed by atoms with Gasteiger partial charge in [0.25, 0.3) is 0 Å². The van der Waals surface area contributed by atoms with Gasteiger partial charge in [0.1, 0.15) is 11.2 Å². The molecule has 0 N–H and O–H groups in total. The average molecular weight is 739 g/mol. The van der Waals surface area contributed by atoms with Gasteiger partial charge in [0.05, 0.1) is 33.6 Å². The topological polar surface area (TPSA) is 51.8 Å². The molecule has 0 spiro atoms. The minimum absolute atomic E-state index is 0.209. The number of furan rings is 1. The molecule has 6 aromatic carbocycles. The lowest BCUT2D eigenvalue weighted by atomic mass is 9.72. The summed E-state index contributed by atoms with van der Waals surface area (Å²) >= 11 is 0. The molecule has 0 aliphatic rings. The molecule has 0 fully saturated rings. The van der Waals surface area contributed by atoms with E-state index in [-0.39, 0.29) is 5.56 Å². The fourth-order valence-electron chi connectivity index (χ4n) is 8.76. The van der Waals surface area contributed by atoms with Crippen LogP contribution < -0.4 is 0 Å². The lowest BCUT2D eigenvalue weighted by Crippen LogP contribution is -2.29. The van der Waals surface area contributed by atoms with E-state index in [4.69, 9.17) is 23.5 Å². The number of hydrogen-bond donors (Lipinski definition) is 0. The van der Waals surface area contributed by atoms with Crippen LogP contribution in [0.5, 0.6) is 0 Å². The molecule has 4 heterocycles. The van der Waals surface area contributed by atoms with Gasteiger partial charge in [0.15, 0.2) is 0 Å². The number of pyridine rings is 3. The maximum atomic E-state index is 8.92. The molecule has 0 aliphatic heterocycles. The predicted octanol–water partition coefficient (Wildman–Crippen LogP) is 13.1. The minimum Gasteiger partial charge on any atom is -0.455 e. The van der Waals surface area contributed by atoms with Crippen molar-refractivity contribution < 1.29 is 8.53 Å². The summed E-state index contributed by atoms with van der Waals surface area (Å²) in [4.78, 5) is 15.3. The molecule has 2 atom stereocenters. The van der Waals surface area contributed by atoms with Crippen LogP contribution in [0, 0.1) is 13.8 Å². The van der Waals surface area contributed by atoms with Crippen LogP contribution in [0.15, 0.2) is 181 Å². The molecule has 0 saturated heterocycles. The van der Waals surface area contributed by atoms with Crippen LogP contribution in [0.3, 0.4) is 0 Å². The second-order valence-electron chi connectivity index (χ2n) is 15.3. The smallest absolute Gasteiger partial charge is 0.144 e. The first-order valence-electron chi connectivity index (χ1n) is 20.8. The van der Waals surface area contributed by atoms with E-state index in [2.05, 4.69) is 97.9 Å². The average Bonchev–Trinajstić information content (AvgIpc) is 3.65. The summed E-state index contributed by atoms with van der Waals surface area (Å²) in [7, 11) is 0. The van der Waals surface area contributed by atoms with Gasteiger partial charge < -0.3 is 4.42 Å². The highest BCUT2D eigenvalue weighted by molar-refractivity contribution is 6.18. The zero-order chi connectivity index (χ0) is 41.2. The van der Waals surface area contributed by atoms with Crippen molar-refractivity contribution in [3.63, 3.8) is 0 Å². The number of hydrogen-bond acceptors (Lipinski definition) is 4. The van der Waals surface area contributed by atoms with Crippen molar-refractivity contribution in [3.8, 4) is 11.3 Å². The molecule has 4 aromatic heterocycles. The van der Waals surface area contributed by atoms with E-state index in [0.717, 1.165) is 55.1 Å². The van der Waals surface area contributed by atoms with Gasteiger partial charge in [-0.15, -0.1) is 0 Å². The van der Waals surface area contributed by atoms with E-state index in [1.54, 1.807) is 6.20 Å². The van der Waals surface area contributed by atoms with E-state index < -0.39 is 17.7 Å². The molecule has 57 heavy (non-hydrogen) atoms. The Morgan fingerprint density at radius 3 is 1.84 bits per heavy atom. The summed E-state index contributed by atoms with van der Waals surface area (Å²) in [6.07, 6.45) is 3.59. The van der Waals surface area contributed by atoms with Crippen LogP contribution in [-0.2, 0) is 10.8 Å². The summed E-state index contributed by atoms with van der Waals surface area (Å²) in [6.45, 7) is 3.65. The highest BCUT2D eigenvalue weighted by Gasteiger charge is 2.38. The minimum atomic E-state index is -2.47. The Labute approximate surface area is 336 Å². The molecular formula is C53H41N3O. The van der Waals surface area contributed by atoms with Gasteiger partial charge in [-0.05, 0) is 132 Å². The Hall–Kier alpha value is -6.91. The molecular weight excluding hydrogens is 695 g/mol. The largest absolute Gasteiger partial charge is 0.455 e. The first-order valence-corrected chi connectivity index (χ1v) is 19.3. The van der Waals surface area contributed by atoms with Crippen LogP contribution in [-0.4, -0.2) is 15.0 Å². The second-order valence-corrected chi connectivity index (χ2v) is 15.3. The summed E-state index contributed by atoms with van der Waals surface area (Å²) in [5.74, 6) is 0. The number of nitrogens with zero attached hydrogens (tertiary/aromatic N) is 3. The standard InChI is InChI=1S/C53H41N3O/c1-34-29-46(56-51(35(34)2)53(4,39-20-9-6-10-21-39)49-24-14-16-28-55-49)45-32-40(52(3,38-18-7-5-8-19-38)48-23-13-15-27-54-48)31-44-43-33-42-37(30-47(43)57-50(44)45)26-25-36-17-11-12-22-41(36)42/h5-33H,1-4H3/t52?,53-/m1/s1/i2D3. The van der Waals surface area contributed by atoms with E-state index in [0.29, 0.717) is 28.2 Å². The lowest BCUT2D eigenvalue weighted by Gasteiger charge is -2.32. The third-order valence-electron chi connectivity index (χ3n) is 12.0. The molecule has 10 rings (SSSR count). The van der Waals surface area contributed by atoms with Crippen molar-refractivity contribution in [3.05, 3.63) is 221 Å². The first kappa shape index (κ1) is 31.3. The van der Waals surface area contributed by atoms with Gasteiger partial charge in [-0.3, -0.25) is 15.0 Å². The summed E-state index contributed by atoms with van der Waals surface area (Å²) in [5.41, 5.74) is 6.80. The number of aromatic nitrogens is 3. The Bertz CT molecular complexity index is 3140. The third-order valence-corrected chi connectivity index (χ3v) is 12.0. The van der Waals surface area contributed by atoms with Gasteiger partial charge in [-0.1, -0.05) is 109 Å². The number of benzene rings is 6. The van der Waals surface area contributed by atoms with Crippen LogP contribution in [0.1, 0.15) is 62.9 Å². The highest BCUT2D eigenvalue weighted by atomic mass is 16.3. The summed E-state index contributed by atoms with van der Waals surface area (Å²) < 4.78 is 33.8. The Balaban J connectivity index is 1.35. The molecule has 4 heteroatoms. The van der Waals surface area contributed by atoms with Crippen molar-refractivity contribution >= 4 is 43.5 Å². The molecule has 0 radical (unpaired) electrons. The maximum Gasteiger partial charge on any atom is 0.144 e. The molecule has 274 valence electrons. The third kappa shape index (κ3) is 5.47. The van der Waals surface area contributed by atoms with Crippen molar-refractivity contribution in [2.45, 2.75) is 38.5 Å². The van der Waals surface area contributed by atoms with Crippen LogP contribution in [0.2, 0.25) is 0 Å². The first-order chi connectivity index (χ1) is 29.0. The van der Waals surface area contributed by atoms with Gasteiger partial charge in [-0.2, -0.15) is 0 Å². The second kappa shape index (κ2) is 13.4. The van der Waals surface area contributed by atoms with E-state index >= 15 is 0 Å². The number of aryl methyl sites for hydroxylation is 1. The SMILES string of the molecule is [2H]C([2H])([2H])c1c(C)cc(-c2cc(C(C)(c3ccccc3)c3ccccn3)cc3c2oc2cc4ccc5ccccc5c4cc23)nc1[C@](C)(c1ccccc1)c1ccccn1. The zero-order valence-corrected chi connectivity index (χ0v) is 32.0. The van der Waals surface area contributed by atoms with E-state index in [1.165, 1.54) is 10.8 Å². The monoisotopic (exact) mass is 738 g/mol. The summed E-state index contributed by atoms with van der Waals surface area (Å²) in [5, 5.41) is 6.47. The van der Waals surface area contributed by atoms with Gasteiger partial charge >= 0.3 is 0 Å². The van der Waals surface area contributed by atoms with Gasteiger partial charge in [0.2, 0.25) is 0 Å². The molecule has 10 aromatic rings. The van der Waals surface area contributed by atoms with E-state index in [9.17, 15) is 0 Å². The van der Waals surface area contributed by atoms with Crippen LogP contribution >= 0.6 is 0 Å². The normalized spacial score (nSPS) is 14.9. The van der Waals surface area contributed by atoms with Crippen molar-refractivity contribution in [1.29, 1.82) is 0 Å². The van der Waals surface area contributed by atoms with Gasteiger partial charge in [0, 0.05) is 32.8 Å². The molecule has 0 aliphatic carbocycles. The number of fused-ring (bicyclic) bond motifs is 6. The zero-order valence-electron chi connectivity index (χ0n) is 35.0. The Morgan fingerprint density at radius 2 is 1.16 bits per heavy atom. The van der Waals surface area contributed by atoms with Gasteiger partial charge in [-0.25, -0.2) is 0 Å². The molecule has 0 amide bonds. The van der Waals surface area contributed by atoms with Crippen LogP contribution in [0.4, 0.5) is 0 Å². The van der Waals surface area contributed by atoms with E-state index in [1.807, 2.05) is 92.8 Å². The van der Waals surface area contributed by atoms with Crippen LogP contribution in [0.25, 0.3) is 54.7 Å².